The Kier molecular flexibility index (Phi) is 11.4. The second kappa shape index (κ2) is 15.2. The van der Waals surface area contributed by atoms with Gasteiger partial charge in [0.2, 0.25) is 0 Å². The normalized spacial score (nSPS) is 10.2. The SMILES string of the molecule is C=CC(=O)Oc1ccc(-c2cc(OC(=O)C(=C)C)c(-c3ccc(OC(=O)C(=C)C)c(OC(=O)C(=C)C)c3)cc2OC(=O)C(=C)C)cc1O. The Labute approximate surface area is 276 Å². The molecule has 0 bridgehead atoms. The van der Waals surface area contributed by atoms with Gasteiger partial charge in [0.15, 0.2) is 23.0 Å². The van der Waals surface area contributed by atoms with Crippen molar-refractivity contribution in [3.8, 4) is 56.8 Å². The molecule has 0 heterocycles. The summed E-state index contributed by atoms with van der Waals surface area (Å²) in [6, 6.07) is 10.9. The smallest absolute Gasteiger partial charge is 0.338 e. The first-order chi connectivity index (χ1) is 22.5. The highest BCUT2D eigenvalue weighted by atomic mass is 16.6. The predicted octanol–water partition coefficient (Wildman–Crippen LogP) is 6.74. The minimum absolute atomic E-state index is 0.0561. The van der Waals surface area contributed by atoms with Gasteiger partial charge in [-0.1, -0.05) is 45.0 Å². The first kappa shape index (κ1) is 36.0. The van der Waals surface area contributed by atoms with E-state index in [1.54, 1.807) is 0 Å². The van der Waals surface area contributed by atoms with Crippen LogP contribution in [0.2, 0.25) is 0 Å². The zero-order valence-corrected chi connectivity index (χ0v) is 26.8. The average molecular weight is 653 g/mol. The first-order valence-corrected chi connectivity index (χ1v) is 14.0. The maximum Gasteiger partial charge on any atom is 0.338 e. The third-order valence-corrected chi connectivity index (χ3v) is 6.19. The zero-order valence-electron chi connectivity index (χ0n) is 26.8. The molecule has 48 heavy (non-hydrogen) atoms. The van der Waals surface area contributed by atoms with Gasteiger partial charge >= 0.3 is 29.8 Å². The fourth-order valence-corrected chi connectivity index (χ4v) is 3.69. The molecule has 0 saturated heterocycles. The number of aromatic hydroxyl groups is 1. The molecule has 0 atom stereocenters. The van der Waals surface area contributed by atoms with Crippen LogP contribution in [0.1, 0.15) is 27.7 Å². The molecule has 246 valence electrons. The molecule has 3 aromatic carbocycles. The molecule has 0 aliphatic rings. The number of phenols is 1. The molecular formula is C37H32O11. The van der Waals surface area contributed by atoms with Gasteiger partial charge in [-0.2, -0.15) is 0 Å². The summed E-state index contributed by atoms with van der Waals surface area (Å²) < 4.78 is 27.2. The lowest BCUT2D eigenvalue weighted by molar-refractivity contribution is -0.132. The van der Waals surface area contributed by atoms with Gasteiger partial charge in [0.1, 0.15) is 11.5 Å². The van der Waals surface area contributed by atoms with Crippen LogP contribution in [0.4, 0.5) is 0 Å². The monoisotopic (exact) mass is 652 g/mol. The van der Waals surface area contributed by atoms with Crippen molar-refractivity contribution < 1.29 is 52.8 Å². The van der Waals surface area contributed by atoms with Crippen molar-refractivity contribution in [1.29, 1.82) is 0 Å². The number of benzene rings is 3. The van der Waals surface area contributed by atoms with Crippen molar-refractivity contribution in [1.82, 2.24) is 0 Å². The van der Waals surface area contributed by atoms with Crippen molar-refractivity contribution >= 4 is 29.8 Å². The van der Waals surface area contributed by atoms with E-state index in [2.05, 4.69) is 32.9 Å². The molecule has 11 heteroatoms. The molecule has 0 fully saturated rings. The van der Waals surface area contributed by atoms with Crippen LogP contribution in [0.25, 0.3) is 22.3 Å². The van der Waals surface area contributed by atoms with Gasteiger partial charge < -0.3 is 28.8 Å². The van der Waals surface area contributed by atoms with E-state index in [-0.39, 0.29) is 73.3 Å². The first-order valence-electron chi connectivity index (χ1n) is 14.0. The summed E-state index contributed by atoms with van der Waals surface area (Å²) in [6.45, 7) is 23.4. The number of hydrogen-bond acceptors (Lipinski definition) is 11. The fourth-order valence-electron chi connectivity index (χ4n) is 3.69. The van der Waals surface area contributed by atoms with Crippen molar-refractivity contribution in [3.05, 3.63) is 110 Å². The van der Waals surface area contributed by atoms with Gasteiger partial charge in [0, 0.05) is 39.5 Å². The van der Waals surface area contributed by atoms with Crippen LogP contribution < -0.4 is 23.7 Å². The van der Waals surface area contributed by atoms with Crippen LogP contribution in [0.15, 0.2) is 110 Å². The Balaban J connectivity index is 2.35. The number of carbonyl (C=O) groups excluding carboxylic acids is 5. The van der Waals surface area contributed by atoms with E-state index >= 15 is 0 Å². The number of phenolic OH excluding ortho intramolecular Hbond substituents is 1. The molecule has 11 nitrogen and oxygen atoms in total. The maximum atomic E-state index is 12.8. The number of ether oxygens (including phenoxy) is 5. The van der Waals surface area contributed by atoms with E-state index < -0.39 is 35.6 Å². The summed E-state index contributed by atoms with van der Waals surface area (Å²) in [5.41, 5.74) is 1.10. The van der Waals surface area contributed by atoms with Gasteiger partial charge in [-0.25, -0.2) is 24.0 Å². The third-order valence-electron chi connectivity index (χ3n) is 6.19. The molecule has 0 unspecified atom stereocenters. The topological polar surface area (TPSA) is 152 Å². The molecule has 0 amide bonds. The predicted molar refractivity (Wildman–Crippen MR) is 177 cm³/mol. The van der Waals surface area contributed by atoms with Crippen LogP contribution in [-0.2, 0) is 24.0 Å². The average Bonchev–Trinajstić information content (AvgIpc) is 3.02. The number of hydrogen-bond donors (Lipinski definition) is 1. The number of carbonyl (C=O) groups is 5. The van der Waals surface area contributed by atoms with Crippen LogP contribution >= 0.6 is 0 Å². The number of esters is 5. The fraction of sp³-hybridized carbons (Fsp3) is 0.108. The molecule has 3 aromatic rings. The Morgan fingerprint density at radius 3 is 1.29 bits per heavy atom. The summed E-state index contributed by atoms with van der Waals surface area (Å²) in [6.07, 6.45) is 0.922. The summed E-state index contributed by atoms with van der Waals surface area (Å²) in [5.74, 6) is -5.06. The van der Waals surface area contributed by atoms with E-state index in [1.165, 1.54) is 76.2 Å². The van der Waals surface area contributed by atoms with Crippen molar-refractivity contribution in [2.75, 3.05) is 0 Å². The largest absolute Gasteiger partial charge is 0.504 e. The minimum Gasteiger partial charge on any atom is -0.504 e. The van der Waals surface area contributed by atoms with Crippen molar-refractivity contribution in [2.45, 2.75) is 27.7 Å². The Hall–Kier alpha value is -6.49. The van der Waals surface area contributed by atoms with Gasteiger partial charge in [-0.05, 0) is 75.2 Å². The van der Waals surface area contributed by atoms with E-state index in [0.717, 1.165) is 6.08 Å². The van der Waals surface area contributed by atoms with Crippen LogP contribution in [0.3, 0.4) is 0 Å². The highest BCUT2D eigenvalue weighted by molar-refractivity contribution is 5.95. The quantitative estimate of drug-likeness (QED) is 0.126. The lowest BCUT2D eigenvalue weighted by Crippen LogP contribution is -2.13. The number of rotatable bonds is 12. The second-order valence-corrected chi connectivity index (χ2v) is 10.5. The lowest BCUT2D eigenvalue weighted by atomic mass is 9.97. The zero-order chi connectivity index (χ0) is 35.9. The highest BCUT2D eigenvalue weighted by Crippen LogP contribution is 2.45. The Morgan fingerprint density at radius 1 is 0.521 bits per heavy atom. The molecule has 0 radical (unpaired) electrons. The molecular weight excluding hydrogens is 620 g/mol. The summed E-state index contributed by atoms with van der Waals surface area (Å²) in [5, 5.41) is 10.6. The van der Waals surface area contributed by atoms with Crippen LogP contribution in [0, 0.1) is 0 Å². The van der Waals surface area contributed by atoms with E-state index in [4.69, 9.17) is 23.7 Å². The molecule has 1 N–H and O–H groups in total. The van der Waals surface area contributed by atoms with E-state index in [9.17, 15) is 29.1 Å². The molecule has 0 saturated carbocycles. The summed E-state index contributed by atoms with van der Waals surface area (Å²) in [4.78, 5) is 62.1. The van der Waals surface area contributed by atoms with Gasteiger partial charge in [0.25, 0.3) is 0 Å². The van der Waals surface area contributed by atoms with Gasteiger partial charge in [-0.3, -0.25) is 0 Å². The Bertz CT molecular complexity index is 1930. The van der Waals surface area contributed by atoms with E-state index in [1.807, 2.05) is 0 Å². The molecule has 0 aromatic heterocycles. The van der Waals surface area contributed by atoms with Gasteiger partial charge in [0.05, 0.1) is 0 Å². The lowest BCUT2D eigenvalue weighted by Gasteiger charge is -2.18. The van der Waals surface area contributed by atoms with Crippen molar-refractivity contribution in [2.24, 2.45) is 0 Å². The summed E-state index contributed by atoms with van der Waals surface area (Å²) in [7, 11) is 0. The third kappa shape index (κ3) is 8.82. The van der Waals surface area contributed by atoms with Crippen LogP contribution in [-0.4, -0.2) is 35.0 Å². The molecule has 3 rings (SSSR count). The van der Waals surface area contributed by atoms with Crippen molar-refractivity contribution in [3.63, 3.8) is 0 Å². The highest BCUT2D eigenvalue weighted by Gasteiger charge is 2.23. The molecule has 0 aliphatic heterocycles. The van der Waals surface area contributed by atoms with Crippen LogP contribution in [0.5, 0.6) is 34.5 Å². The Morgan fingerprint density at radius 2 is 0.896 bits per heavy atom. The standard InChI is InChI=1S/C37H32O11/c1-10-33(39)44-28-13-11-23(15-27(28)38)25-17-31(47-36(42)21(6)7)26(18-30(25)46-35(41)20(4)5)24-12-14-29(45-34(40)19(2)3)32(16-24)48-37(43)22(8)9/h10-18,38H,1-2,4,6,8H2,3,5,7,9H3. The summed E-state index contributed by atoms with van der Waals surface area (Å²) >= 11 is 0. The maximum absolute atomic E-state index is 12.8. The van der Waals surface area contributed by atoms with E-state index in [0.29, 0.717) is 0 Å². The second-order valence-electron chi connectivity index (χ2n) is 10.5. The molecule has 0 aliphatic carbocycles. The molecule has 0 spiro atoms. The van der Waals surface area contributed by atoms with Gasteiger partial charge in [-0.15, -0.1) is 0 Å². The minimum atomic E-state index is -0.817.